The maximum atomic E-state index is 12.7. The minimum absolute atomic E-state index is 0.110. The fourth-order valence-electron chi connectivity index (χ4n) is 3.12. The molecule has 144 valence electrons. The van der Waals surface area contributed by atoms with Crippen LogP contribution in [0.5, 0.6) is 11.5 Å². The van der Waals surface area contributed by atoms with Crippen molar-refractivity contribution in [3.8, 4) is 22.1 Å². The molecule has 2 heterocycles. The van der Waals surface area contributed by atoms with Crippen LogP contribution in [0.2, 0.25) is 0 Å². The number of ether oxygens (including phenoxy) is 3. The third-order valence-electron chi connectivity index (χ3n) is 4.67. The lowest BCUT2D eigenvalue weighted by Gasteiger charge is -2.30. The van der Waals surface area contributed by atoms with Crippen LogP contribution in [0.4, 0.5) is 0 Å². The number of hydrogen-bond donors (Lipinski definition) is 0. The van der Waals surface area contributed by atoms with Crippen LogP contribution in [0, 0.1) is 5.92 Å². The van der Waals surface area contributed by atoms with Crippen LogP contribution in [0.3, 0.4) is 0 Å². The number of carbonyl (C=O) groups excluding carboxylic acids is 2. The summed E-state index contributed by atoms with van der Waals surface area (Å²) in [4.78, 5) is 30.6. The summed E-state index contributed by atoms with van der Waals surface area (Å²) in [5.41, 5.74) is 1.28. The second-order valence-electron chi connectivity index (χ2n) is 6.20. The third kappa shape index (κ3) is 4.05. The number of thiazole rings is 1. The Hall–Kier alpha value is -2.61. The minimum atomic E-state index is -0.202. The van der Waals surface area contributed by atoms with E-state index in [1.54, 1.807) is 24.5 Å². The highest BCUT2D eigenvalue weighted by Gasteiger charge is 2.29. The minimum Gasteiger partial charge on any atom is -0.493 e. The number of esters is 1. The molecule has 1 aromatic heterocycles. The average Bonchev–Trinajstić information content (AvgIpc) is 3.22. The van der Waals surface area contributed by atoms with Gasteiger partial charge < -0.3 is 19.1 Å². The number of likely N-dealkylation sites (tertiary alicyclic amines) is 1. The molecule has 27 heavy (non-hydrogen) atoms. The van der Waals surface area contributed by atoms with E-state index < -0.39 is 0 Å². The van der Waals surface area contributed by atoms with Crippen LogP contribution in [-0.4, -0.2) is 56.2 Å². The van der Waals surface area contributed by atoms with Crippen molar-refractivity contribution < 1.29 is 23.8 Å². The summed E-state index contributed by atoms with van der Waals surface area (Å²) < 4.78 is 15.4. The molecule has 0 bridgehead atoms. The van der Waals surface area contributed by atoms with E-state index in [1.807, 2.05) is 18.2 Å². The molecule has 8 heteroatoms. The fraction of sp³-hybridized carbons (Fsp3) is 0.421. The Bertz CT molecular complexity index is 827. The van der Waals surface area contributed by atoms with Crippen molar-refractivity contribution in [2.24, 2.45) is 5.92 Å². The van der Waals surface area contributed by atoms with E-state index in [0.717, 1.165) is 10.6 Å². The van der Waals surface area contributed by atoms with E-state index in [9.17, 15) is 9.59 Å². The van der Waals surface area contributed by atoms with E-state index in [-0.39, 0.29) is 17.8 Å². The van der Waals surface area contributed by atoms with Gasteiger partial charge in [0.2, 0.25) is 0 Å². The van der Waals surface area contributed by atoms with Crippen molar-refractivity contribution in [2.45, 2.75) is 12.8 Å². The molecule has 3 rings (SSSR count). The van der Waals surface area contributed by atoms with Gasteiger partial charge in [-0.15, -0.1) is 11.3 Å². The lowest BCUT2D eigenvalue weighted by atomic mass is 9.97. The number of hydrogen-bond acceptors (Lipinski definition) is 7. The summed E-state index contributed by atoms with van der Waals surface area (Å²) in [6.45, 7) is 1.06. The first-order valence-electron chi connectivity index (χ1n) is 8.62. The summed E-state index contributed by atoms with van der Waals surface area (Å²) in [5.74, 6) is 0.815. The molecular formula is C19H22N2O5S. The summed E-state index contributed by atoms with van der Waals surface area (Å²) in [6.07, 6.45) is 1.23. The van der Waals surface area contributed by atoms with Crippen LogP contribution in [0.25, 0.3) is 10.6 Å². The zero-order chi connectivity index (χ0) is 19.4. The van der Waals surface area contributed by atoms with Gasteiger partial charge >= 0.3 is 5.97 Å². The van der Waals surface area contributed by atoms with E-state index in [2.05, 4.69) is 4.98 Å². The lowest BCUT2D eigenvalue weighted by molar-refractivity contribution is -0.146. The van der Waals surface area contributed by atoms with Crippen LogP contribution in [0.15, 0.2) is 23.6 Å². The van der Waals surface area contributed by atoms with Gasteiger partial charge in [-0.3, -0.25) is 9.59 Å². The SMILES string of the molecule is COC(=O)C1CCN(C(=O)c2csc(-c3ccc(OC)c(OC)c3)n2)CC1. The molecule has 1 aromatic carbocycles. The van der Waals surface area contributed by atoms with Crippen molar-refractivity contribution in [1.82, 2.24) is 9.88 Å². The number of rotatable bonds is 5. The van der Waals surface area contributed by atoms with E-state index in [1.165, 1.54) is 18.4 Å². The second-order valence-corrected chi connectivity index (χ2v) is 7.06. The summed E-state index contributed by atoms with van der Waals surface area (Å²) in [5, 5.41) is 2.50. The van der Waals surface area contributed by atoms with Crippen LogP contribution in [0.1, 0.15) is 23.3 Å². The lowest BCUT2D eigenvalue weighted by Crippen LogP contribution is -2.40. The predicted molar refractivity (Wildman–Crippen MR) is 101 cm³/mol. The van der Waals surface area contributed by atoms with Crippen molar-refractivity contribution in [2.75, 3.05) is 34.4 Å². The van der Waals surface area contributed by atoms with E-state index >= 15 is 0 Å². The van der Waals surface area contributed by atoms with E-state index in [0.29, 0.717) is 43.1 Å². The molecule has 1 saturated heterocycles. The molecule has 0 radical (unpaired) electrons. The first kappa shape index (κ1) is 19.2. The molecule has 1 aliphatic rings. The number of aromatic nitrogens is 1. The van der Waals surface area contributed by atoms with Gasteiger partial charge in [0.1, 0.15) is 10.7 Å². The van der Waals surface area contributed by atoms with Gasteiger partial charge in [0.15, 0.2) is 11.5 Å². The van der Waals surface area contributed by atoms with E-state index in [4.69, 9.17) is 14.2 Å². The normalized spacial score (nSPS) is 14.7. The van der Waals surface area contributed by atoms with Gasteiger partial charge in [-0.1, -0.05) is 0 Å². The van der Waals surface area contributed by atoms with Crippen LogP contribution in [-0.2, 0) is 9.53 Å². The van der Waals surface area contributed by atoms with Gasteiger partial charge in [0.25, 0.3) is 5.91 Å². The zero-order valence-electron chi connectivity index (χ0n) is 15.6. The first-order valence-corrected chi connectivity index (χ1v) is 9.50. The number of amides is 1. The molecule has 0 N–H and O–H groups in total. The smallest absolute Gasteiger partial charge is 0.308 e. The number of methoxy groups -OCH3 is 3. The Balaban J connectivity index is 1.71. The summed E-state index contributed by atoms with van der Waals surface area (Å²) in [7, 11) is 4.56. The molecule has 0 aliphatic carbocycles. The molecule has 2 aromatic rings. The molecule has 0 atom stereocenters. The summed E-state index contributed by atoms with van der Waals surface area (Å²) in [6, 6.07) is 5.54. The molecule has 1 fully saturated rings. The monoisotopic (exact) mass is 390 g/mol. The standard InChI is InChI=1S/C19H22N2O5S/c1-24-15-5-4-13(10-16(15)25-2)17-20-14(11-27-17)18(22)21-8-6-12(7-9-21)19(23)26-3/h4-5,10-12H,6-9H2,1-3H3. The Morgan fingerprint density at radius 2 is 1.81 bits per heavy atom. The topological polar surface area (TPSA) is 78.0 Å². The van der Waals surface area contributed by atoms with Gasteiger partial charge in [-0.05, 0) is 31.0 Å². The molecule has 1 amide bonds. The van der Waals surface area contributed by atoms with Crippen molar-refractivity contribution in [3.05, 3.63) is 29.3 Å². The van der Waals surface area contributed by atoms with Crippen molar-refractivity contribution in [3.63, 3.8) is 0 Å². The Kier molecular flexibility index (Phi) is 5.95. The molecular weight excluding hydrogens is 368 g/mol. The van der Waals surface area contributed by atoms with Gasteiger partial charge in [0, 0.05) is 24.0 Å². The molecule has 0 saturated carbocycles. The van der Waals surface area contributed by atoms with Gasteiger partial charge in [-0.2, -0.15) is 0 Å². The predicted octanol–water partition coefficient (Wildman–Crippen LogP) is 2.85. The number of benzene rings is 1. The number of nitrogens with zero attached hydrogens (tertiary/aromatic N) is 2. The second kappa shape index (κ2) is 8.39. The van der Waals surface area contributed by atoms with Crippen molar-refractivity contribution >= 4 is 23.2 Å². The Morgan fingerprint density at radius 1 is 1.11 bits per heavy atom. The maximum absolute atomic E-state index is 12.7. The molecule has 7 nitrogen and oxygen atoms in total. The van der Waals surface area contributed by atoms with Gasteiger partial charge in [-0.25, -0.2) is 4.98 Å². The van der Waals surface area contributed by atoms with Gasteiger partial charge in [0.05, 0.1) is 27.2 Å². The Labute approximate surface area is 161 Å². The largest absolute Gasteiger partial charge is 0.493 e. The maximum Gasteiger partial charge on any atom is 0.308 e. The highest BCUT2D eigenvalue weighted by molar-refractivity contribution is 7.13. The highest BCUT2D eigenvalue weighted by Crippen LogP contribution is 2.33. The van der Waals surface area contributed by atoms with Crippen molar-refractivity contribution in [1.29, 1.82) is 0 Å². The van der Waals surface area contributed by atoms with Crippen LogP contribution < -0.4 is 9.47 Å². The Morgan fingerprint density at radius 3 is 2.44 bits per heavy atom. The fourth-order valence-corrected chi connectivity index (χ4v) is 3.91. The zero-order valence-corrected chi connectivity index (χ0v) is 16.4. The average molecular weight is 390 g/mol. The molecule has 1 aliphatic heterocycles. The molecule has 0 unspecified atom stereocenters. The third-order valence-corrected chi connectivity index (χ3v) is 5.56. The number of carbonyl (C=O) groups is 2. The molecule has 0 spiro atoms. The highest BCUT2D eigenvalue weighted by atomic mass is 32.1. The first-order chi connectivity index (χ1) is 13.1. The summed E-state index contributed by atoms with van der Waals surface area (Å²) >= 11 is 1.41. The van der Waals surface area contributed by atoms with Crippen LogP contribution >= 0.6 is 11.3 Å². The quantitative estimate of drug-likeness (QED) is 0.731. The number of piperidine rings is 1.